The van der Waals surface area contributed by atoms with Crippen molar-refractivity contribution in [2.75, 3.05) is 0 Å². The average molecular weight is 483 g/mol. The van der Waals surface area contributed by atoms with Crippen LogP contribution in [0.3, 0.4) is 0 Å². The summed E-state index contributed by atoms with van der Waals surface area (Å²) < 4.78 is 10.3. The summed E-state index contributed by atoms with van der Waals surface area (Å²) >= 11 is 10.5. The van der Waals surface area contributed by atoms with Crippen LogP contribution < -0.4 is 4.74 Å². The van der Waals surface area contributed by atoms with Crippen LogP contribution in [0.15, 0.2) is 25.6 Å². The molecule has 2 rings (SSSR count). The second kappa shape index (κ2) is 7.26. The first-order chi connectivity index (χ1) is 9.97. The average Bonchev–Trinajstić information content (AvgIpc) is 2.72. The van der Waals surface area contributed by atoms with Gasteiger partial charge in [-0.05, 0) is 71.9 Å². The highest BCUT2D eigenvalue weighted by molar-refractivity contribution is 9.11. The van der Waals surface area contributed by atoms with Gasteiger partial charge in [-0.1, -0.05) is 6.92 Å². The molecule has 0 aliphatic carbocycles. The van der Waals surface area contributed by atoms with Crippen LogP contribution in [0.4, 0.5) is 0 Å². The summed E-state index contributed by atoms with van der Waals surface area (Å²) in [4.78, 5) is 0. The van der Waals surface area contributed by atoms with Gasteiger partial charge in [0.15, 0.2) is 0 Å². The largest absolute Gasteiger partial charge is 0.485 e. The molecule has 0 atom stereocenters. The minimum absolute atomic E-state index is 0.00931. The van der Waals surface area contributed by atoms with Crippen LogP contribution in [0.25, 0.3) is 0 Å². The smallest absolute Gasteiger partial charge is 0.148 e. The maximum atomic E-state index is 9.19. The summed E-state index contributed by atoms with van der Waals surface area (Å²) in [5.74, 6) is 0.707. The van der Waals surface area contributed by atoms with Gasteiger partial charge in [-0.15, -0.1) is 0 Å². The Balaban J connectivity index is 2.23. The lowest BCUT2D eigenvalue weighted by molar-refractivity contribution is 0.278. The highest BCUT2D eigenvalue weighted by Gasteiger charge is 2.15. The number of ether oxygens (including phenoxy) is 1. The molecule has 0 unspecified atom stereocenters. The first kappa shape index (κ1) is 17.0. The molecule has 0 aliphatic rings. The second-order valence-corrected chi connectivity index (χ2v) is 7.02. The molecule has 4 nitrogen and oxygen atoms in total. The number of aliphatic hydroxyl groups is 1. The summed E-state index contributed by atoms with van der Waals surface area (Å²) in [5, 5.41) is 13.6. The molecule has 1 N–H and O–H groups in total. The minimum Gasteiger partial charge on any atom is -0.485 e. The van der Waals surface area contributed by atoms with Crippen molar-refractivity contribution in [2.24, 2.45) is 7.05 Å². The quantitative estimate of drug-likeness (QED) is 0.689. The molecule has 1 heterocycles. The molecular weight excluding hydrogens is 468 g/mol. The van der Waals surface area contributed by atoms with E-state index in [0.29, 0.717) is 12.4 Å². The van der Waals surface area contributed by atoms with Gasteiger partial charge in [0.1, 0.15) is 12.4 Å². The van der Waals surface area contributed by atoms with Gasteiger partial charge >= 0.3 is 0 Å². The zero-order chi connectivity index (χ0) is 15.6. The van der Waals surface area contributed by atoms with E-state index in [4.69, 9.17) is 4.74 Å². The third kappa shape index (κ3) is 3.70. The van der Waals surface area contributed by atoms with Crippen molar-refractivity contribution >= 4 is 47.8 Å². The molecule has 0 saturated heterocycles. The number of hydrogen-bond acceptors (Lipinski definition) is 3. The Kier molecular flexibility index (Phi) is 5.88. The molecular formula is C14H15Br3N2O2. The van der Waals surface area contributed by atoms with Crippen molar-refractivity contribution in [3.63, 3.8) is 0 Å². The minimum atomic E-state index is -0.00931. The number of rotatable bonds is 5. The Morgan fingerprint density at radius 1 is 1.24 bits per heavy atom. The fraction of sp³-hybridized carbons (Fsp3) is 0.357. The highest BCUT2D eigenvalue weighted by Crippen LogP contribution is 2.36. The molecule has 0 aliphatic heterocycles. The molecule has 0 amide bonds. The number of aromatic nitrogens is 2. The zero-order valence-corrected chi connectivity index (χ0v) is 16.4. The Labute approximate surface area is 148 Å². The van der Waals surface area contributed by atoms with E-state index in [2.05, 4.69) is 59.8 Å². The number of aryl methyl sites for hydroxylation is 2. The van der Waals surface area contributed by atoms with Crippen LogP contribution in [0, 0.1) is 0 Å². The van der Waals surface area contributed by atoms with E-state index < -0.39 is 0 Å². The molecule has 2 aromatic rings. The summed E-state index contributed by atoms with van der Waals surface area (Å²) in [7, 11) is 1.90. The van der Waals surface area contributed by atoms with Crippen molar-refractivity contribution in [3.05, 3.63) is 42.5 Å². The molecule has 1 aromatic heterocycles. The normalized spacial score (nSPS) is 11.0. The monoisotopic (exact) mass is 480 g/mol. The van der Waals surface area contributed by atoms with Gasteiger partial charge in [-0.2, -0.15) is 5.10 Å². The SMILES string of the molecule is CCc1nn(C)c(COc2c(Br)cc(CO)cc2Br)c1Br. The van der Waals surface area contributed by atoms with Gasteiger partial charge in [0.25, 0.3) is 0 Å². The lowest BCUT2D eigenvalue weighted by Gasteiger charge is -2.12. The Bertz CT molecular complexity index is 633. The van der Waals surface area contributed by atoms with E-state index in [1.807, 2.05) is 23.9 Å². The lowest BCUT2D eigenvalue weighted by Crippen LogP contribution is -2.04. The Morgan fingerprint density at radius 2 is 1.86 bits per heavy atom. The molecule has 1 aromatic carbocycles. The van der Waals surface area contributed by atoms with Gasteiger partial charge in [-0.25, -0.2) is 0 Å². The molecule has 0 saturated carbocycles. The zero-order valence-electron chi connectivity index (χ0n) is 11.7. The second-order valence-electron chi connectivity index (χ2n) is 4.52. The lowest BCUT2D eigenvalue weighted by atomic mass is 10.2. The third-order valence-corrected chi connectivity index (χ3v) is 5.19. The molecule has 7 heteroatoms. The first-order valence-electron chi connectivity index (χ1n) is 6.39. The highest BCUT2D eigenvalue weighted by atomic mass is 79.9. The predicted octanol–water partition coefficient (Wildman–Crippen LogP) is 4.34. The molecule has 0 bridgehead atoms. The number of hydrogen-bond donors (Lipinski definition) is 1. The van der Waals surface area contributed by atoms with Crippen molar-refractivity contribution in [3.8, 4) is 5.75 Å². The maximum absolute atomic E-state index is 9.19. The van der Waals surface area contributed by atoms with E-state index in [9.17, 15) is 5.11 Å². The Morgan fingerprint density at radius 3 is 2.33 bits per heavy atom. The fourth-order valence-electron chi connectivity index (χ4n) is 1.96. The van der Waals surface area contributed by atoms with Crippen LogP contribution in [-0.2, 0) is 26.7 Å². The molecule has 0 fully saturated rings. The predicted molar refractivity (Wildman–Crippen MR) is 92.4 cm³/mol. The van der Waals surface area contributed by atoms with Crippen LogP contribution >= 0.6 is 47.8 Å². The van der Waals surface area contributed by atoms with Crippen LogP contribution in [0.2, 0.25) is 0 Å². The van der Waals surface area contributed by atoms with Crippen molar-refractivity contribution in [1.29, 1.82) is 0 Å². The molecule has 114 valence electrons. The first-order valence-corrected chi connectivity index (χ1v) is 8.77. The van der Waals surface area contributed by atoms with Crippen LogP contribution in [-0.4, -0.2) is 14.9 Å². The number of aliphatic hydroxyl groups excluding tert-OH is 1. The van der Waals surface area contributed by atoms with E-state index in [0.717, 1.165) is 36.8 Å². The van der Waals surface area contributed by atoms with E-state index in [-0.39, 0.29) is 6.61 Å². The van der Waals surface area contributed by atoms with Gasteiger partial charge in [0, 0.05) is 7.05 Å². The summed E-state index contributed by atoms with van der Waals surface area (Å²) in [6.07, 6.45) is 0.868. The van der Waals surface area contributed by atoms with Crippen LogP contribution in [0.1, 0.15) is 23.9 Å². The topological polar surface area (TPSA) is 47.3 Å². The van der Waals surface area contributed by atoms with E-state index in [1.54, 1.807) is 0 Å². The van der Waals surface area contributed by atoms with E-state index in [1.165, 1.54) is 0 Å². The number of halogens is 3. The van der Waals surface area contributed by atoms with Gasteiger partial charge in [-0.3, -0.25) is 4.68 Å². The van der Waals surface area contributed by atoms with Crippen molar-refractivity contribution in [1.82, 2.24) is 9.78 Å². The summed E-state index contributed by atoms with van der Waals surface area (Å²) in [6.45, 7) is 2.46. The van der Waals surface area contributed by atoms with Crippen molar-refractivity contribution < 1.29 is 9.84 Å². The third-order valence-electron chi connectivity index (χ3n) is 3.10. The van der Waals surface area contributed by atoms with Gasteiger partial charge in [0.05, 0.1) is 31.4 Å². The molecule has 0 spiro atoms. The van der Waals surface area contributed by atoms with Crippen molar-refractivity contribution in [2.45, 2.75) is 26.6 Å². The van der Waals surface area contributed by atoms with E-state index >= 15 is 0 Å². The van der Waals surface area contributed by atoms with Gasteiger partial charge < -0.3 is 9.84 Å². The standard InChI is InChI=1S/C14H15Br3N2O2/c1-3-11-13(17)12(19(2)18-11)7-21-14-9(15)4-8(6-20)5-10(14)16/h4-5,20H,3,6-7H2,1-2H3. The molecule has 21 heavy (non-hydrogen) atoms. The molecule has 0 radical (unpaired) electrons. The van der Waals surface area contributed by atoms with Crippen LogP contribution in [0.5, 0.6) is 5.75 Å². The summed E-state index contributed by atoms with van der Waals surface area (Å²) in [6, 6.07) is 3.69. The number of nitrogens with zero attached hydrogens (tertiary/aromatic N) is 2. The Hall–Kier alpha value is -0.370. The fourth-order valence-corrected chi connectivity index (χ4v) is 4.20. The summed E-state index contributed by atoms with van der Waals surface area (Å²) in [5.41, 5.74) is 2.82. The van der Waals surface area contributed by atoms with Gasteiger partial charge in [0.2, 0.25) is 0 Å². The number of benzene rings is 1. The maximum Gasteiger partial charge on any atom is 0.148 e.